The Morgan fingerprint density at radius 2 is 1.91 bits per heavy atom. The molecule has 0 aliphatic carbocycles. The Labute approximate surface area is 199 Å². The van der Waals surface area contributed by atoms with E-state index >= 15 is 0 Å². The molecule has 0 saturated carbocycles. The third-order valence-corrected chi connectivity index (χ3v) is 5.90. The minimum Gasteiger partial charge on any atom is -0.504 e. The standard InChI is InChI=1S/C25H30N6O3/c1-17(18-5-4-6-20(13-18)28-25(33)31-11-9-30(2)10-12-31)27-24-16-26-15-21(29-24)19-7-8-22(32)23(14-19)34-3/h4-8,13-17,32H,9-12H2,1-3H3,(H,27,29)(H,28,33). The van der Waals surface area contributed by atoms with E-state index < -0.39 is 0 Å². The summed E-state index contributed by atoms with van der Waals surface area (Å²) in [7, 11) is 3.57. The molecule has 9 heteroatoms. The Morgan fingerprint density at radius 1 is 1.12 bits per heavy atom. The van der Waals surface area contributed by atoms with Crippen molar-refractivity contribution in [3.05, 3.63) is 60.4 Å². The summed E-state index contributed by atoms with van der Waals surface area (Å²) < 4.78 is 5.19. The van der Waals surface area contributed by atoms with E-state index in [2.05, 4.69) is 32.5 Å². The fourth-order valence-corrected chi connectivity index (χ4v) is 3.81. The number of benzene rings is 2. The van der Waals surface area contributed by atoms with E-state index in [1.54, 1.807) is 30.6 Å². The number of phenols is 1. The van der Waals surface area contributed by atoms with Gasteiger partial charge < -0.3 is 30.3 Å². The molecule has 3 aromatic rings. The molecule has 2 heterocycles. The molecule has 1 unspecified atom stereocenters. The summed E-state index contributed by atoms with van der Waals surface area (Å²) in [6.45, 7) is 5.24. The Hall–Kier alpha value is -3.85. The molecule has 1 atom stereocenters. The van der Waals surface area contributed by atoms with E-state index in [0.29, 0.717) is 17.3 Å². The van der Waals surface area contributed by atoms with E-state index in [0.717, 1.165) is 43.0 Å². The second kappa shape index (κ2) is 10.4. The first-order valence-corrected chi connectivity index (χ1v) is 11.2. The van der Waals surface area contributed by atoms with Gasteiger partial charge in [-0.1, -0.05) is 12.1 Å². The number of urea groups is 1. The van der Waals surface area contributed by atoms with Gasteiger partial charge in [0.25, 0.3) is 0 Å². The van der Waals surface area contributed by atoms with Gasteiger partial charge in [0.2, 0.25) is 0 Å². The Balaban J connectivity index is 1.43. The van der Waals surface area contributed by atoms with Crippen LogP contribution in [0.3, 0.4) is 0 Å². The first-order valence-electron chi connectivity index (χ1n) is 11.2. The van der Waals surface area contributed by atoms with E-state index in [9.17, 15) is 9.90 Å². The number of carbonyl (C=O) groups is 1. The first kappa shape index (κ1) is 23.3. The number of ether oxygens (including phenoxy) is 1. The van der Waals surface area contributed by atoms with E-state index in [4.69, 9.17) is 4.74 Å². The van der Waals surface area contributed by atoms with Crippen molar-refractivity contribution in [1.82, 2.24) is 19.8 Å². The van der Waals surface area contributed by atoms with Crippen LogP contribution in [0.25, 0.3) is 11.3 Å². The lowest BCUT2D eigenvalue weighted by atomic mass is 10.1. The Bertz CT molecular complexity index is 1150. The highest BCUT2D eigenvalue weighted by molar-refractivity contribution is 5.89. The maximum Gasteiger partial charge on any atom is 0.321 e. The number of aromatic nitrogens is 2. The molecule has 1 aliphatic heterocycles. The first-order chi connectivity index (χ1) is 16.4. The fourth-order valence-electron chi connectivity index (χ4n) is 3.81. The van der Waals surface area contributed by atoms with Crippen LogP contribution in [0.15, 0.2) is 54.9 Å². The van der Waals surface area contributed by atoms with Gasteiger partial charge in [-0.2, -0.15) is 0 Å². The minimum atomic E-state index is -0.0752. The van der Waals surface area contributed by atoms with Crippen LogP contribution in [0.4, 0.5) is 16.3 Å². The number of piperazine rings is 1. The van der Waals surface area contributed by atoms with Crippen molar-refractivity contribution in [2.45, 2.75) is 13.0 Å². The van der Waals surface area contributed by atoms with E-state index in [1.165, 1.54) is 7.11 Å². The van der Waals surface area contributed by atoms with Crippen LogP contribution < -0.4 is 15.4 Å². The Morgan fingerprint density at radius 3 is 2.68 bits per heavy atom. The largest absolute Gasteiger partial charge is 0.504 e. The number of nitrogens with zero attached hydrogens (tertiary/aromatic N) is 4. The molecule has 1 saturated heterocycles. The van der Waals surface area contributed by atoms with Crippen molar-refractivity contribution in [1.29, 1.82) is 0 Å². The summed E-state index contributed by atoms with van der Waals surface area (Å²) in [6, 6.07) is 12.7. The van der Waals surface area contributed by atoms with Gasteiger partial charge in [-0.15, -0.1) is 0 Å². The molecule has 1 fully saturated rings. The zero-order chi connectivity index (χ0) is 24.1. The second-order valence-electron chi connectivity index (χ2n) is 8.39. The van der Waals surface area contributed by atoms with Crippen molar-refractivity contribution in [3.63, 3.8) is 0 Å². The molecule has 4 rings (SSSR count). The molecular formula is C25H30N6O3. The van der Waals surface area contributed by atoms with Crippen LogP contribution >= 0.6 is 0 Å². The molecule has 1 aromatic heterocycles. The number of phenolic OH excluding ortho intramolecular Hbond substituents is 1. The van der Waals surface area contributed by atoms with Gasteiger partial charge in [0.15, 0.2) is 11.5 Å². The number of hydrogen-bond acceptors (Lipinski definition) is 7. The summed E-state index contributed by atoms with van der Waals surface area (Å²) in [4.78, 5) is 25.6. The van der Waals surface area contributed by atoms with Crippen molar-refractivity contribution in [2.24, 2.45) is 0 Å². The van der Waals surface area contributed by atoms with Crippen LogP contribution in [-0.2, 0) is 0 Å². The third kappa shape index (κ3) is 5.55. The van der Waals surface area contributed by atoms with Crippen LogP contribution in [0.1, 0.15) is 18.5 Å². The average Bonchev–Trinajstić information content (AvgIpc) is 2.85. The lowest BCUT2D eigenvalue weighted by molar-refractivity contribution is 0.164. The molecule has 1 aliphatic rings. The number of aromatic hydroxyl groups is 1. The zero-order valence-corrected chi connectivity index (χ0v) is 19.7. The average molecular weight is 463 g/mol. The summed E-state index contributed by atoms with van der Waals surface area (Å²) in [5.74, 6) is 1.06. The predicted octanol–water partition coefficient (Wildman–Crippen LogP) is 3.81. The molecule has 2 amide bonds. The molecule has 2 aromatic carbocycles. The maximum absolute atomic E-state index is 12.6. The van der Waals surface area contributed by atoms with Crippen molar-refractivity contribution >= 4 is 17.5 Å². The normalized spacial score (nSPS) is 15.0. The summed E-state index contributed by atoms with van der Waals surface area (Å²) in [5, 5.41) is 16.2. The van der Waals surface area contributed by atoms with Crippen LogP contribution in [0, 0.1) is 0 Å². The number of rotatable bonds is 6. The number of anilines is 2. The minimum absolute atomic E-state index is 0.0700. The highest BCUT2D eigenvalue weighted by Gasteiger charge is 2.19. The molecule has 0 bridgehead atoms. The van der Waals surface area contributed by atoms with Gasteiger partial charge in [0.05, 0.1) is 31.2 Å². The fraction of sp³-hybridized carbons (Fsp3) is 0.320. The van der Waals surface area contributed by atoms with Gasteiger partial charge in [-0.3, -0.25) is 4.98 Å². The number of nitrogens with one attached hydrogen (secondary N) is 2. The smallest absolute Gasteiger partial charge is 0.321 e. The summed E-state index contributed by atoms with van der Waals surface area (Å²) >= 11 is 0. The van der Waals surface area contributed by atoms with Gasteiger partial charge in [-0.05, 0) is 49.9 Å². The number of methoxy groups -OCH3 is 1. The van der Waals surface area contributed by atoms with Gasteiger partial charge in [-0.25, -0.2) is 9.78 Å². The topological polar surface area (TPSA) is 103 Å². The van der Waals surface area contributed by atoms with Gasteiger partial charge in [0.1, 0.15) is 5.82 Å². The lowest BCUT2D eigenvalue weighted by Crippen LogP contribution is -2.48. The monoisotopic (exact) mass is 462 g/mol. The molecule has 9 nitrogen and oxygen atoms in total. The number of carbonyl (C=O) groups excluding carboxylic acids is 1. The van der Waals surface area contributed by atoms with Crippen LogP contribution in [-0.4, -0.2) is 71.2 Å². The molecule has 3 N–H and O–H groups in total. The lowest BCUT2D eigenvalue weighted by Gasteiger charge is -2.32. The second-order valence-corrected chi connectivity index (χ2v) is 8.39. The quantitative estimate of drug-likeness (QED) is 0.512. The number of amides is 2. The third-order valence-electron chi connectivity index (χ3n) is 5.90. The van der Waals surface area contributed by atoms with Crippen LogP contribution in [0.5, 0.6) is 11.5 Å². The van der Waals surface area contributed by atoms with E-state index in [1.807, 2.05) is 36.1 Å². The SMILES string of the molecule is COc1cc(-c2cncc(NC(C)c3cccc(NC(=O)N4CCN(C)CC4)c3)n2)ccc1O. The number of likely N-dealkylation sites (N-methyl/N-ethyl adjacent to an activating group) is 1. The van der Waals surface area contributed by atoms with Crippen molar-refractivity contribution < 1.29 is 14.6 Å². The Kier molecular flexibility index (Phi) is 7.12. The van der Waals surface area contributed by atoms with Gasteiger partial charge in [0, 0.05) is 37.4 Å². The highest BCUT2D eigenvalue weighted by Crippen LogP contribution is 2.31. The van der Waals surface area contributed by atoms with Gasteiger partial charge >= 0.3 is 6.03 Å². The molecule has 34 heavy (non-hydrogen) atoms. The summed E-state index contributed by atoms with van der Waals surface area (Å²) in [6.07, 6.45) is 3.33. The molecular weight excluding hydrogens is 432 g/mol. The summed E-state index contributed by atoms with van der Waals surface area (Å²) in [5.41, 5.74) is 3.21. The highest BCUT2D eigenvalue weighted by atomic mass is 16.5. The molecule has 0 radical (unpaired) electrons. The number of hydrogen-bond donors (Lipinski definition) is 3. The predicted molar refractivity (Wildman–Crippen MR) is 132 cm³/mol. The van der Waals surface area contributed by atoms with E-state index in [-0.39, 0.29) is 17.8 Å². The molecule has 0 spiro atoms. The van der Waals surface area contributed by atoms with Crippen molar-refractivity contribution in [3.8, 4) is 22.8 Å². The molecule has 178 valence electrons. The zero-order valence-electron chi connectivity index (χ0n) is 19.7. The van der Waals surface area contributed by atoms with Crippen molar-refractivity contribution in [2.75, 3.05) is 51.0 Å². The van der Waals surface area contributed by atoms with Crippen LogP contribution in [0.2, 0.25) is 0 Å². The maximum atomic E-state index is 12.6.